The number of benzene rings is 6. The van der Waals surface area contributed by atoms with Crippen LogP contribution >= 0.6 is 0 Å². The van der Waals surface area contributed by atoms with Gasteiger partial charge < -0.3 is 60.5 Å². The van der Waals surface area contributed by atoms with Crippen LogP contribution in [0, 0.1) is 125 Å². The maximum absolute atomic E-state index is 14.8. The average molecular weight is 1450 g/mol. The summed E-state index contributed by atoms with van der Waals surface area (Å²) in [6, 6.07) is 23.4. The lowest BCUT2D eigenvalue weighted by Gasteiger charge is -2.15. The lowest BCUT2D eigenvalue weighted by atomic mass is 9.87. The number of carbonyl (C=O) groups is 6. The minimum absolute atomic E-state index is 0.142. The summed E-state index contributed by atoms with van der Waals surface area (Å²) in [5.41, 5.74) is 21.3. The van der Waals surface area contributed by atoms with Crippen molar-refractivity contribution in [1.82, 2.24) is 29.9 Å². The zero-order chi connectivity index (χ0) is 78.1. The molecule has 0 unspecified atom stereocenters. The van der Waals surface area contributed by atoms with Crippen LogP contribution in [-0.2, 0) is 38.5 Å². The highest BCUT2D eigenvalue weighted by Gasteiger charge is 2.38. The van der Waals surface area contributed by atoms with Crippen molar-refractivity contribution in [3.05, 3.63) is 275 Å². The first-order valence-corrected chi connectivity index (χ1v) is 36.2. The maximum Gasteiger partial charge on any atom is 0.338 e. The Bertz CT molecular complexity index is 4870. The van der Waals surface area contributed by atoms with Crippen LogP contribution in [-0.4, -0.2) is 96.4 Å². The molecule has 1 aliphatic heterocycles. The van der Waals surface area contributed by atoms with E-state index in [1.54, 1.807) is 0 Å². The molecule has 0 fully saturated rings. The van der Waals surface area contributed by atoms with Gasteiger partial charge in [0, 0.05) is 140 Å². The van der Waals surface area contributed by atoms with Gasteiger partial charge in [-0.05, 0) is 225 Å². The highest BCUT2D eigenvalue weighted by molar-refractivity contribution is 6.06. The van der Waals surface area contributed by atoms with Crippen LogP contribution in [0.15, 0.2) is 72.8 Å². The summed E-state index contributed by atoms with van der Waals surface area (Å²) in [5.74, 6) is -7.92. The van der Waals surface area contributed by atoms with Crippen molar-refractivity contribution < 1.29 is 59.4 Å². The number of carboxylic acid groups (broad SMARTS) is 6. The van der Waals surface area contributed by atoms with Crippen molar-refractivity contribution in [3.8, 4) is 66.8 Å². The summed E-state index contributed by atoms with van der Waals surface area (Å²) in [5, 5.41) is 72.2. The van der Waals surface area contributed by atoms with Crippen LogP contribution in [0.3, 0.4) is 0 Å². The Hall–Kier alpha value is -12.2. The summed E-state index contributed by atoms with van der Waals surface area (Å²) in [4.78, 5) is 110. The Balaban J connectivity index is 1.22. The van der Waals surface area contributed by atoms with Gasteiger partial charge in [0.2, 0.25) is 0 Å². The standard InChI is InChI=1S/C90H90N6O12/c1-37-19-43(7)67(44(8)20-37)73-55-31-62-80(86(99)100)75(69-47(11)23-39(3)24-48(69)12)57(92-62)33-64-82(88(103)104)77(71-51(15)27-41(5)28-52(71)16)59(94-64)35-66-84(90(107)108)78(72-53(17)29-42(6)30-54(72)18)60(96-66)36-65-83(89(105)106)76(70-49(13)25-40(4)26-50(70)14)58(95-65)34-63-81(87(101)102)74(68-45(9)21-38(2)22-46(68)10)56(93-63)32-61(91-55)79(73)85(97)98/h19-30,91-96H,31-36H2,1-18H3,(H,97,98)(H,99,100)(H,101,102)(H,103,104)(H,105,106)(H,107,108). The van der Waals surface area contributed by atoms with Gasteiger partial charge >= 0.3 is 35.8 Å². The van der Waals surface area contributed by atoms with E-state index in [4.69, 9.17) is 0 Å². The highest BCUT2D eigenvalue weighted by Crippen LogP contribution is 2.48. The number of aromatic amines is 6. The minimum Gasteiger partial charge on any atom is -0.478 e. The number of nitrogens with one attached hydrogen (secondary N) is 6. The number of carboxylic acids is 6. The second-order valence-corrected chi connectivity index (χ2v) is 30.5. The highest BCUT2D eigenvalue weighted by atomic mass is 16.4. The molecule has 6 aromatic heterocycles. The number of hydrogen-bond acceptors (Lipinski definition) is 6. The quantitative estimate of drug-likeness (QED) is 0.0543. The van der Waals surface area contributed by atoms with E-state index in [2.05, 4.69) is 29.9 Å². The van der Waals surface area contributed by atoms with Gasteiger partial charge in [-0.25, -0.2) is 28.8 Å². The molecular formula is C90H90N6O12. The number of aromatic nitrogens is 6. The van der Waals surface area contributed by atoms with E-state index >= 15 is 0 Å². The van der Waals surface area contributed by atoms with E-state index in [-0.39, 0.29) is 139 Å². The molecular weight excluding hydrogens is 1360 g/mol. The fourth-order valence-electron chi connectivity index (χ4n) is 18.8. The largest absolute Gasteiger partial charge is 0.478 e. The molecule has 0 radical (unpaired) electrons. The Kier molecular flexibility index (Phi) is 19.0. The first kappa shape index (κ1) is 74.1. The topological polar surface area (TPSA) is 319 Å². The van der Waals surface area contributed by atoms with E-state index < -0.39 is 35.8 Å². The molecule has 18 nitrogen and oxygen atoms in total. The van der Waals surface area contributed by atoms with E-state index in [1.165, 1.54) is 0 Å². The molecule has 0 saturated heterocycles. The summed E-state index contributed by atoms with van der Waals surface area (Å²) >= 11 is 0. The molecule has 7 heterocycles. The molecule has 0 amide bonds. The Morgan fingerprint density at radius 2 is 0.287 bits per heavy atom. The second-order valence-electron chi connectivity index (χ2n) is 30.5. The zero-order valence-corrected chi connectivity index (χ0v) is 64.3. The van der Waals surface area contributed by atoms with Crippen LogP contribution in [0.1, 0.15) is 231 Å². The molecule has 552 valence electrons. The summed E-state index contributed by atoms with van der Waals surface area (Å²) in [7, 11) is 0. The van der Waals surface area contributed by atoms with E-state index in [0.717, 1.165) is 100 Å². The second kappa shape index (κ2) is 27.6. The third kappa shape index (κ3) is 12.7. The Morgan fingerprint density at radius 1 is 0.185 bits per heavy atom. The molecule has 0 atom stereocenters. The molecule has 12 N–H and O–H groups in total. The Labute approximate surface area is 626 Å². The predicted molar refractivity (Wildman–Crippen MR) is 421 cm³/mol. The number of aromatic carboxylic acids is 6. The normalized spacial score (nSPS) is 12.4. The third-order valence-corrected chi connectivity index (χ3v) is 21.9. The molecule has 18 heteroatoms. The van der Waals surface area contributed by atoms with Gasteiger partial charge in [-0.1, -0.05) is 106 Å². The molecule has 12 bridgehead atoms. The smallest absolute Gasteiger partial charge is 0.338 e. The third-order valence-electron chi connectivity index (χ3n) is 21.9. The first-order valence-electron chi connectivity index (χ1n) is 36.2. The van der Waals surface area contributed by atoms with Crippen molar-refractivity contribution in [2.45, 2.75) is 163 Å². The molecule has 6 aromatic carbocycles. The fraction of sp³-hybridized carbons (Fsp3) is 0.267. The summed E-state index contributed by atoms with van der Waals surface area (Å²) < 4.78 is 0. The van der Waals surface area contributed by atoms with Gasteiger partial charge in [0.25, 0.3) is 0 Å². The van der Waals surface area contributed by atoms with Crippen LogP contribution in [0.25, 0.3) is 66.8 Å². The van der Waals surface area contributed by atoms with Crippen LogP contribution < -0.4 is 0 Å². The number of rotatable bonds is 12. The zero-order valence-electron chi connectivity index (χ0n) is 64.3. The lowest BCUT2D eigenvalue weighted by Crippen LogP contribution is -2.07. The van der Waals surface area contributed by atoms with Crippen molar-refractivity contribution in [1.29, 1.82) is 0 Å². The lowest BCUT2D eigenvalue weighted by molar-refractivity contribution is 0.0685. The molecule has 0 aliphatic carbocycles. The molecule has 12 aromatic rings. The predicted octanol–water partition coefficient (Wildman–Crippen LogP) is 19.3. The number of H-pyrrole nitrogens is 6. The first-order chi connectivity index (χ1) is 50.9. The van der Waals surface area contributed by atoms with Crippen LogP contribution in [0.5, 0.6) is 0 Å². The van der Waals surface area contributed by atoms with Gasteiger partial charge in [0.1, 0.15) is 0 Å². The van der Waals surface area contributed by atoms with Crippen LogP contribution in [0.2, 0.25) is 0 Å². The van der Waals surface area contributed by atoms with E-state index in [9.17, 15) is 59.4 Å². The summed E-state index contributed by atoms with van der Waals surface area (Å²) in [6.45, 7) is 34.4. The molecule has 108 heavy (non-hydrogen) atoms. The maximum atomic E-state index is 14.8. The molecule has 0 spiro atoms. The monoisotopic (exact) mass is 1450 g/mol. The van der Waals surface area contributed by atoms with Crippen molar-refractivity contribution in [2.24, 2.45) is 0 Å². The van der Waals surface area contributed by atoms with Gasteiger partial charge in [-0.15, -0.1) is 0 Å². The van der Waals surface area contributed by atoms with E-state index in [0.29, 0.717) is 67.5 Å². The SMILES string of the molecule is Cc1cc(C)c(-c2c3[nH]c(c2C(=O)O)Cc2[nH]c(c(C(=O)O)c2-c2c(C)cc(C)cc2C)Cc2[nH]c(c(C(=O)O)c2-c2c(C)cc(C)cc2C)Cc2[nH]c(c(C(=O)O)c2-c2c(C)cc(C)cc2C)Cc2[nH]c(c(C(=O)O)c2-c2c(C)cc(C)cc2C)Cc2[nH]c(c(C(=O)O)c2-c2c(C)cc(C)cc2C)C3)c(C)c1. The number of hydrogen-bond donors (Lipinski definition) is 12. The Morgan fingerprint density at radius 3 is 0.380 bits per heavy atom. The number of fused-ring (bicyclic) bond motifs is 12. The van der Waals surface area contributed by atoms with Crippen LogP contribution in [0.4, 0.5) is 0 Å². The molecule has 0 saturated carbocycles. The average Bonchev–Trinajstić information content (AvgIpc) is 1.58. The van der Waals surface area contributed by atoms with Crippen molar-refractivity contribution >= 4 is 35.8 Å². The summed E-state index contributed by atoms with van der Waals surface area (Å²) in [6.07, 6.45) is -1.55. The number of aryl methyl sites for hydroxylation is 18. The van der Waals surface area contributed by atoms with Gasteiger partial charge in [-0.3, -0.25) is 0 Å². The van der Waals surface area contributed by atoms with Gasteiger partial charge in [0.05, 0.1) is 33.4 Å². The van der Waals surface area contributed by atoms with Gasteiger partial charge in [-0.2, -0.15) is 0 Å². The molecule has 1 aliphatic rings. The molecule has 13 rings (SSSR count). The van der Waals surface area contributed by atoms with Gasteiger partial charge in [0.15, 0.2) is 0 Å². The fourth-order valence-corrected chi connectivity index (χ4v) is 18.8. The van der Waals surface area contributed by atoms with Crippen molar-refractivity contribution in [2.75, 3.05) is 0 Å². The van der Waals surface area contributed by atoms with Crippen molar-refractivity contribution in [3.63, 3.8) is 0 Å². The van der Waals surface area contributed by atoms with E-state index in [1.807, 2.05) is 197 Å². The minimum atomic E-state index is -1.32.